The van der Waals surface area contributed by atoms with Crippen molar-refractivity contribution in [3.63, 3.8) is 0 Å². The molecule has 1 aliphatic heterocycles. The van der Waals surface area contributed by atoms with Crippen molar-refractivity contribution in [3.05, 3.63) is 52.9 Å². The summed E-state index contributed by atoms with van der Waals surface area (Å²) in [6.45, 7) is 6.88. The predicted octanol–water partition coefficient (Wildman–Crippen LogP) is 3.12. The highest BCUT2D eigenvalue weighted by Crippen LogP contribution is 2.40. The van der Waals surface area contributed by atoms with Crippen molar-refractivity contribution in [2.45, 2.75) is 51.1 Å². The molecule has 0 unspecified atom stereocenters. The third kappa shape index (κ3) is 3.47. The van der Waals surface area contributed by atoms with E-state index in [9.17, 15) is 4.79 Å². The maximum Gasteiger partial charge on any atom is 0.273 e. The highest BCUT2D eigenvalue weighted by atomic mass is 16.5. The van der Waals surface area contributed by atoms with Crippen LogP contribution in [0.2, 0.25) is 0 Å². The molecule has 2 heterocycles. The molecule has 132 valence electrons. The van der Waals surface area contributed by atoms with Gasteiger partial charge in [0.25, 0.3) is 5.91 Å². The summed E-state index contributed by atoms with van der Waals surface area (Å²) in [5.41, 5.74) is 3.10. The molecule has 0 atom stereocenters. The summed E-state index contributed by atoms with van der Waals surface area (Å²) < 4.78 is 5.28. The van der Waals surface area contributed by atoms with Gasteiger partial charge in [0, 0.05) is 37.2 Å². The lowest BCUT2D eigenvalue weighted by molar-refractivity contribution is 0.0819. The number of nitrogens with zero attached hydrogens (tertiary/aromatic N) is 2. The fraction of sp³-hybridized carbons (Fsp3) is 0.500. The summed E-state index contributed by atoms with van der Waals surface area (Å²) >= 11 is 0. The smallest absolute Gasteiger partial charge is 0.273 e. The first-order valence-corrected chi connectivity index (χ1v) is 9.09. The van der Waals surface area contributed by atoms with E-state index in [-0.39, 0.29) is 11.4 Å². The lowest BCUT2D eigenvalue weighted by Gasteiger charge is -2.41. The van der Waals surface area contributed by atoms with Crippen molar-refractivity contribution >= 4 is 5.91 Å². The van der Waals surface area contributed by atoms with Crippen LogP contribution >= 0.6 is 0 Å². The normalized spacial score (nSPS) is 18.0. The van der Waals surface area contributed by atoms with Crippen LogP contribution in [0.5, 0.6) is 0 Å². The lowest BCUT2D eigenvalue weighted by Crippen LogP contribution is -2.53. The summed E-state index contributed by atoms with van der Waals surface area (Å²) in [6.07, 6.45) is 3.33. The number of fused-ring (bicyclic) bond motifs is 1. The van der Waals surface area contributed by atoms with Crippen LogP contribution in [-0.2, 0) is 13.0 Å². The topological polar surface area (TPSA) is 58.4 Å². The number of aromatic nitrogens is 1. The molecule has 5 nitrogen and oxygen atoms in total. The van der Waals surface area contributed by atoms with Gasteiger partial charge in [0.1, 0.15) is 5.76 Å². The molecular weight excluding hydrogens is 314 g/mol. The zero-order valence-electron chi connectivity index (χ0n) is 14.9. The Hall–Kier alpha value is -2.14. The quantitative estimate of drug-likeness (QED) is 0.909. The Balaban J connectivity index is 1.37. The van der Waals surface area contributed by atoms with Gasteiger partial charge in [-0.2, -0.15) is 0 Å². The standard InChI is InChI=1S/C20H25N3O2/c1-20(2,23-10-9-14-5-3-4-6-16(14)12-23)13-21-19(24)17-11-18(25-22-17)15-7-8-15/h3-6,11,15H,7-10,12-13H2,1-2H3,(H,21,24). The number of hydrogen-bond acceptors (Lipinski definition) is 4. The van der Waals surface area contributed by atoms with Gasteiger partial charge < -0.3 is 9.84 Å². The largest absolute Gasteiger partial charge is 0.360 e. The Bertz CT molecular complexity index is 777. The van der Waals surface area contributed by atoms with E-state index in [1.54, 1.807) is 6.07 Å². The second-order valence-corrected chi connectivity index (χ2v) is 7.82. The third-order valence-electron chi connectivity index (χ3n) is 5.41. The van der Waals surface area contributed by atoms with Crippen LogP contribution in [0.4, 0.5) is 0 Å². The van der Waals surface area contributed by atoms with E-state index in [1.165, 1.54) is 11.1 Å². The third-order valence-corrected chi connectivity index (χ3v) is 5.41. The van der Waals surface area contributed by atoms with Crippen molar-refractivity contribution in [2.75, 3.05) is 13.1 Å². The van der Waals surface area contributed by atoms with E-state index in [2.05, 4.69) is 53.5 Å². The first-order valence-electron chi connectivity index (χ1n) is 9.09. The van der Waals surface area contributed by atoms with Crippen LogP contribution in [0.1, 0.15) is 60.0 Å². The highest BCUT2D eigenvalue weighted by molar-refractivity contribution is 5.92. The molecule has 4 rings (SSSR count). The SMILES string of the molecule is CC(C)(CNC(=O)c1cc(C2CC2)on1)N1CCc2ccccc2C1. The van der Waals surface area contributed by atoms with Crippen LogP contribution < -0.4 is 5.32 Å². The summed E-state index contributed by atoms with van der Waals surface area (Å²) in [6, 6.07) is 10.4. The maximum atomic E-state index is 12.4. The molecule has 0 radical (unpaired) electrons. The second kappa shape index (κ2) is 6.30. The number of carbonyl (C=O) groups excluding carboxylic acids is 1. The van der Waals surface area contributed by atoms with E-state index in [0.717, 1.165) is 38.1 Å². The molecule has 1 fully saturated rings. The molecule has 1 amide bonds. The van der Waals surface area contributed by atoms with Gasteiger partial charge in [-0.05, 0) is 44.2 Å². The van der Waals surface area contributed by atoms with Gasteiger partial charge in [-0.3, -0.25) is 9.69 Å². The second-order valence-electron chi connectivity index (χ2n) is 7.82. The van der Waals surface area contributed by atoms with Gasteiger partial charge in [0.2, 0.25) is 0 Å². The molecule has 1 N–H and O–H groups in total. The summed E-state index contributed by atoms with van der Waals surface area (Å²) in [4.78, 5) is 14.8. The van der Waals surface area contributed by atoms with E-state index in [0.29, 0.717) is 18.2 Å². The Morgan fingerprint density at radius 1 is 1.32 bits per heavy atom. The summed E-state index contributed by atoms with van der Waals surface area (Å²) in [7, 11) is 0. The van der Waals surface area contributed by atoms with Crippen molar-refractivity contribution < 1.29 is 9.32 Å². The molecular formula is C20H25N3O2. The van der Waals surface area contributed by atoms with E-state index in [1.807, 2.05) is 0 Å². The van der Waals surface area contributed by atoms with Crippen LogP contribution in [0.15, 0.2) is 34.9 Å². The lowest BCUT2D eigenvalue weighted by atomic mass is 9.94. The first-order chi connectivity index (χ1) is 12.0. The molecule has 1 aromatic heterocycles. The van der Waals surface area contributed by atoms with E-state index < -0.39 is 0 Å². The van der Waals surface area contributed by atoms with Crippen molar-refractivity contribution in [3.8, 4) is 0 Å². The molecule has 0 spiro atoms. The Morgan fingerprint density at radius 2 is 2.08 bits per heavy atom. The number of hydrogen-bond donors (Lipinski definition) is 1. The number of amides is 1. The minimum Gasteiger partial charge on any atom is -0.360 e. The molecule has 5 heteroatoms. The number of nitrogens with one attached hydrogen (secondary N) is 1. The number of carbonyl (C=O) groups is 1. The minimum atomic E-state index is -0.152. The van der Waals surface area contributed by atoms with Crippen LogP contribution in [0.25, 0.3) is 0 Å². The average Bonchev–Trinajstić information content (AvgIpc) is 3.36. The average molecular weight is 339 g/mol. The Labute approximate surface area is 148 Å². The molecule has 1 aromatic carbocycles. The predicted molar refractivity (Wildman–Crippen MR) is 95.4 cm³/mol. The first kappa shape index (κ1) is 16.3. The van der Waals surface area contributed by atoms with E-state index in [4.69, 9.17) is 4.52 Å². The Morgan fingerprint density at radius 3 is 2.84 bits per heavy atom. The van der Waals surface area contributed by atoms with Gasteiger partial charge in [-0.15, -0.1) is 0 Å². The van der Waals surface area contributed by atoms with Gasteiger partial charge in [0.15, 0.2) is 5.69 Å². The maximum absolute atomic E-state index is 12.4. The van der Waals surface area contributed by atoms with Gasteiger partial charge >= 0.3 is 0 Å². The zero-order valence-corrected chi connectivity index (χ0v) is 14.9. The van der Waals surface area contributed by atoms with Crippen molar-refractivity contribution in [1.29, 1.82) is 0 Å². The van der Waals surface area contributed by atoms with Gasteiger partial charge in [-0.1, -0.05) is 29.4 Å². The molecule has 1 aliphatic carbocycles. The van der Waals surface area contributed by atoms with Crippen LogP contribution in [0.3, 0.4) is 0 Å². The molecule has 0 saturated heterocycles. The molecule has 2 aliphatic rings. The zero-order chi connectivity index (χ0) is 17.4. The van der Waals surface area contributed by atoms with Crippen molar-refractivity contribution in [1.82, 2.24) is 15.4 Å². The van der Waals surface area contributed by atoms with Gasteiger partial charge in [0.05, 0.1) is 0 Å². The summed E-state index contributed by atoms with van der Waals surface area (Å²) in [5.74, 6) is 1.16. The fourth-order valence-corrected chi connectivity index (χ4v) is 3.47. The minimum absolute atomic E-state index is 0.119. The van der Waals surface area contributed by atoms with Crippen LogP contribution in [0, 0.1) is 0 Å². The summed E-state index contributed by atoms with van der Waals surface area (Å²) in [5, 5.41) is 6.95. The van der Waals surface area contributed by atoms with E-state index >= 15 is 0 Å². The van der Waals surface area contributed by atoms with Crippen LogP contribution in [-0.4, -0.2) is 34.6 Å². The van der Waals surface area contributed by atoms with Crippen molar-refractivity contribution in [2.24, 2.45) is 0 Å². The highest BCUT2D eigenvalue weighted by Gasteiger charge is 2.31. The van der Waals surface area contributed by atoms with Gasteiger partial charge in [-0.25, -0.2) is 0 Å². The molecule has 25 heavy (non-hydrogen) atoms. The monoisotopic (exact) mass is 339 g/mol. The molecule has 0 bridgehead atoms. The molecule has 1 saturated carbocycles. The Kier molecular flexibility index (Phi) is 4.12. The molecule has 2 aromatic rings. The number of benzene rings is 1. The number of rotatable bonds is 5. The fourth-order valence-electron chi connectivity index (χ4n) is 3.47.